The van der Waals surface area contributed by atoms with Crippen LogP contribution < -0.4 is 29.6 Å². The minimum absolute atomic E-state index is 0.0744. The molecule has 0 spiro atoms. The third kappa shape index (κ3) is 14.8. The minimum atomic E-state index is -0.998. The van der Waals surface area contributed by atoms with Gasteiger partial charge in [-0.05, 0) is 95.5 Å². The van der Waals surface area contributed by atoms with Gasteiger partial charge in [0.2, 0.25) is 0 Å². The fourth-order valence-corrected chi connectivity index (χ4v) is 9.21. The van der Waals surface area contributed by atoms with Gasteiger partial charge >= 0.3 is 11.9 Å². The fourth-order valence-electron chi connectivity index (χ4n) is 8.73. The molecular formula is C62H54Cl2N6O8. The predicted molar refractivity (Wildman–Crippen MR) is 296 cm³/mol. The van der Waals surface area contributed by atoms with Gasteiger partial charge in [-0.25, -0.2) is 0 Å². The zero-order chi connectivity index (χ0) is 55.0. The van der Waals surface area contributed by atoms with Crippen LogP contribution in [0, 0.1) is 36.5 Å². The number of nitrogens with zero attached hydrogens (tertiary/aromatic N) is 4. The molecule has 4 N–H and O–H groups in total. The summed E-state index contributed by atoms with van der Waals surface area (Å²) in [4.78, 5) is 33.0. The van der Waals surface area contributed by atoms with Gasteiger partial charge in [0.1, 0.15) is 73.6 Å². The van der Waals surface area contributed by atoms with Gasteiger partial charge in [0.25, 0.3) is 0 Å². The summed E-state index contributed by atoms with van der Waals surface area (Å²) < 4.78 is 25.5. The van der Waals surface area contributed by atoms with Gasteiger partial charge in [0.05, 0.1) is 21.2 Å². The number of halogens is 2. The summed E-state index contributed by atoms with van der Waals surface area (Å²) in [6, 6.07) is 43.4. The molecule has 0 amide bonds. The lowest BCUT2D eigenvalue weighted by Crippen LogP contribution is -2.38. The first-order valence-corrected chi connectivity index (χ1v) is 25.6. The van der Waals surface area contributed by atoms with Gasteiger partial charge in [-0.1, -0.05) is 120 Å². The van der Waals surface area contributed by atoms with E-state index >= 15 is 0 Å². The molecule has 2 unspecified atom stereocenters. The highest BCUT2D eigenvalue weighted by atomic mass is 35.5. The molecule has 394 valence electrons. The largest absolute Gasteiger partial charge is 0.488 e. The van der Waals surface area contributed by atoms with Crippen LogP contribution in [0.3, 0.4) is 0 Å². The summed E-state index contributed by atoms with van der Waals surface area (Å²) in [5, 5.41) is 46.0. The number of carboxylic acid groups (broad SMARTS) is 2. The number of nitriles is 2. The second-order valence-electron chi connectivity index (χ2n) is 18.4. The molecule has 6 aromatic carbocycles. The Kier molecular flexibility index (Phi) is 19.1. The van der Waals surface area contributed by atoms with Crippen LogP contribution in [0.15, 0.2) is 158 Å². The summed E-state index contributed by atoms with van der Waals surface area (Å²) in [6.45, 7) is 4.77. The van der Waals surface area contributed by atoms with Gasteiger partial charge in [-0.15, -0.1) is 0 Å². The van der Waals surface area contributed by atoms with Crippen LogP contribution in [-0.4, -0.2) is 44.2 Å². The van der Waals surface area contributed by atoms with E-state index < -0.39 is 24.0 Å². The van der Waals surface area contributed by atoms with E-state index in [2.05, 4.69) is 44.9 Å². The van der Waals surface area contributed by atoms with Gasteiger partial charge in [0.15, 0.2) is 0 Å². The fraction of sp³-hybridized carbons (Fsp3) is 0.194. The van der Waals surface area contributed by atoms with Crippen molar-refractivity contribution in [3.63, 3.8) is 0 Å². The van der Waals surface area contributed by atoms with Crippen molar-refractivity contribution in [3.05, 3.63) is 235 Å². The lowest BCUT2D eigenvalue weighted by molar-refractivity contribution is -0.140. The molecule has 0 fully saturated rings. The molecule has 2 heterocycles. The van der Waals surface area contributed by atoms with Gasteiger partial charge in [0, 0.05) is 72.3 Å². The number of pyridine rings is 2. The van der Waals surface area contributed by atoms with Crippen molar-refractivity contribution in [1.29, 1.82) is 10.5 Å². The molecular weight excluding hydrogens is 1030 g/mol. The molecule has 78 heavy (non-hydrogen) atoms. The molecule has 0 aliphatic carbocycles. The van der Waals surface area contributed by atoms with Crippen LogP contribution in [0.5, 0.6) is 23.0 Å². The zero-order valence-corrected chi connectivity index (χ0v) is 44.2. The second-order valence-corrected chi connectivity index (χ2v) is 19.2. The zero-order valence-electron chi connectivity index (χ0n) is 42.7. The Morgan fingerprint density at radius 1 is 0.500 bits per heavy atom. The summed E-state index contributed by atoms with van der Waals surface area (Å²) in [6.07, 6.45) is 6.69. The van der Waals surface area contributed by atoms with E-state index in [1.165, 1.54) is 12.4 Å². The Bertz CT molecular complexity index is 3270. The molecule has 2 aromatic heterocycles. The maximum atomic E-state index is 12.4. The molecule has 8 rings (SSSR count). The Labute approximate surface area is 462 Å². The molecule has 16 heteroatoms. The number of carboxylic acids is 2. The third-order valence-corrected chi connectivity index (χ3v) is 13.6. The molecule has 0 radical (unpaired) electrons. The van der Waals surface area contributed by atoms with Crippen LogP contribution in [0.1, 0.15) is 66.8 Å². The molecule has 0 aliphatic heterocycles. The standard InChI is InChI=1S/C62H54Cl2N6O8/c1-39-47(37-77-59-25-57(75-35-45-19-43(27-65)29-67-31-45)49(23-53(59)63)33-69-55(61(71)72)21-41-11-5-3-6-12-41)15-9-17-51(39)52-18-10-16-48(40(52)2)38-78-60-26-58(76-36-46-20-44(28-66)30-68-32-46)50(24-54(60)64)34-70-56(62(73)74)22-42-13-7-4-8-14-42/h3-20,23-26,29-32,55-56,69-70H,21-22,33-38H2,1-2H3,(H,71,72)(H,73,74). The van der Waals surface area contributed by atoms with Crippen molar-refractivity contribution in [2.45, 2.75) is 78.3 Å². The smallest absolute Gasteiger partial charge is 0.321 e. The molecule has 14 nitrogen and oxygen atoms in total. The summed E-state index contributed by atoms with van der Waals surface area (Å²) in [7, 11) is 0. The highest BCUT2D eigenvalue weighted by Crippen LogP contribution is 2.38. The third-order valence-electron chi connectivity index (χ3n) is 13.1. The first-order chi connectivity index (χ1) is 37.8. The van der Waals surface area contributed by atoms with Crippen molar-refractivity contribution in [1.82, 2.24) is 20.6 Å². The summed E-state index contributed by atoms with van der Waals surface area (Å²) in [5.41, 5.74) is 10.8. The summed E-state index contributed by atoms with van der Waals surface area (Å²) in [5.74, 6) is -0.465. The number of aromatic nitrogens is 2. The van der Waals surface area contributed by atoms with E-state index in [1.807, 2.05) is 98.8 Å². The first kappa shape index (κ1) is 55.5. The number of aliphatic carboxylic acids is 2. The van der Waals surface area contributed by atoms with E-state index in [4.69, 9.17) is 42.1 Å². The van der Waals surface area contributed by atoms with Crippen molar-refractivity contribution in [3.8, 4) is 46.3 Å². The minimum Gasteiger partial charge on any atom is -0.488 e. The number of hydrogen-bond donors (Lipinski definition) is 4. The average Bonchev–Trinajstić information content (AvgIpc) is 3.46. The Balaban J connectivity index is 0.992. The van der Waals surface area contributed by atoms with Crippen molar-refractivity contribution in [2.75, 3.05) is 0 Å². The SMILES string of the molecule is Cc1c(COc2cc(OCc3cncc(C#N)c3)c(CNC(Cc3ccccc3)C(=O)O)cc2Cl)cccc1-c1cccc(COc2cc(OCc3cncc(C#N)c3)c(CNC(Cc3ccccc3)C(=O)O)cc2Cl)c1C. The van der Waals surface area contributed by atoms with E-state index in [0.29, 0.717) is 66.4 Å². The maximum absolute atomic E-state index is 12.4. The first-order valence-electron chi connectivity index (χ1n) is 24.9. The van der Waals surface area contributed by atoms with Crippen LogP contribution in [-0.2, 0) is 61.9 Å². The number of carbonyl (C=O) groups is 2. The molecule has 2 atom stereocenters. The number of ether oxygens (including phenoxy) is 4. The van der Waals surface area contributed by atoms with Crippen molar-refractivity contribution < 1.29 is 38.7 Å². The molecule has 0 saturated carbocycles. The van der Waals surface area contributed by atoms with Gasteiger partial charge < -0.3 is 29.2 Å². The van der Waals surface area contributed by atoms with E-state index in [-0.39, 0.29) is 52.4 Å². The van der Waals surface area contributed by atoms with Crippen molar-refractivity contribution in [2.24, 2.45) is 0 Å². The van der Waals surface area contributed by atoms with E-state index in [1.54, 1.807) is 48.8 Å². The molecule has 0 bridgehead atoms. The maximum Gasteiger partial charge on any atom is 0.321 e. The summed E-state index contributed by atoms with van der Waals surface area (Å²) >= 11 is 13.8. The molecule has 8 aromatic rings. The molecule has 0 saturated heterocycles. The Morgan fingerprint density at radius 2 is 0.897 bits per heavy atom. The van der Waals surface area contributed by atoms with E-state index in [0.717, 1.165) is 44.5 Å². The lowest BCUT2D eigenvalue weighted by Gasteiger charge is -2.20. The monoisotopic (exact) mass is 1080 g/mol. The topological polar surface area (TPSA) is 209 Å². The van der Waals surface area contributed by atoms with Crippen LogP contribution >= 0.6 is 23.2 Å². The Morgan fingerprint density at radius 3 is 1.28 bits per heavy atom. The number of nitrogens with one attached hydrogen (secondary N) is 2. The highest BCUT2D eigenvalue weighted by molar-refractivity contribution is 6.32. The number of benzene rings is 6. The van der Waals surface area contributed by atoms with Gasteiger partial charge in [-0.3, -0.25) is 30.2 Å². The second kappa shape index (κ2) is 26.8. The Hall–Kier alpha value is -8.76. The van der Waals surface area contributed by atoms with Crippen LogP contribution in [0.4, 0.5) is 0 Å². The van der Waals surface area contributed by atoms with Crippen LogP contribution in [0.2, 0.25) is 10.0 Å². The van der Waals surface area contributed by atoms with Gasteiger partial charge in [-0.2, -0.15) is 10.5 Å². The van der Waals surface area contributed by atoms with Crippen molar-refractivity contribution >= 4 is 35.1 Å². The average molecular weight is 1080 g/mol. The quantitative estimate of drug-likeness (QED) is 0.0420. The highest BCUT2D eigenvalue weighted by Gasteiger charge is 2.22. The number of rotatable bonds is 25. The normalized spacial score (nSPS) is 11.7. The van der Waals surface area contributed by atoms with Crippen LogP contribution in [0.25, 0.3) is 11.1 Å². The van der Waals surface area contributed by atoms with E-state index in [9.17, 15) is 30.3 Å². The lowest BCUT2D eigenvalue weighted by atomic mass is 9.92. The number of hydrogen-bond acceptors (Lipinski definition) is 12. The predicted octanol–water partition coefficient (Wildman–Crippen LogP) is 11.7. The molecule has 0 aliphatic rings.